The summed E-state index contributed by atoms with van der Waals surface area (Å²) >= 11 is 0. The third kappa shape index (κ3) is 6.38. The largest absolute Gasteiger partial charge is 0.327 e. The minimum atomic E-state index is 0.603. The van der Waals surface area contributed by atoms with E-state index in [0.717, 1.165) is 24.6 Å². The molecule has 72 valence electrons. The Hall–Kier alpha value is -0.340. The smallest absolute Gasteiger partial charge is 0.0199 e. The van der Waals surface area contributed by atoms with Crippen LogP contribution in [-0.4, -0.2) is 31.6 Å². The Morgan fingerprint density at radius 2 is 2.08 bits per heavy atom. The van der Waals surface area contributed by atoms with Crippen LogP contribution in [0.3, 0.4) is 0 Å². The van der Waals surface area contributed by atoms with Crippen molar-refractivity contribution >= 4 is 0 Å². The van der Waals surface area contributed by atoms with E-state index in [9.17, 15) is 0 Å². The van der Waals surface area contributed by atoms with Gasteiger partial charge in [-0.25, -0.2) is 0 Å². The van der Waals surface area contributed by atoms with Crippen molar-refractivity contribution in [3.05, 3.63) is 12.2 Å². The van der Waals surface area contributed by atoms with Crippen molar-refractivity contribution in [2.45, 2.75) is 20.3 Å². The lowest BCUT2D eigenvalue weighted by Crippen LogP contribution is -2.25. The molecule has 0 bridgehead atoms. The van der Waals surface area contributed by atoms with Gasteiger partial charge in [-0.2, -0.15) is 0 Å². The number of nitrogens with two attached hydrogens (primary N) is 1. The zero-order valence-electron chi connectivity index (χ0n) is 8.64. The molecule has 0 unspecified atom stereocenters. The topological polar surface area (TPSA) is 29.3 Å². The van der Waals surface area contributed by atoms with E-state index in [-0.39, 0.29) is 0 Å². The van der Waals surface area contributed by atoms with E-state index in [1.807, 2.05) is 0 Å². The van der Waals surface area contributed by atoms with E-state index < -0.39 is 0 Å². The average Bonchev–Trinajstić information content (AvgIpc) is 2.00. The minimum Gasteiger partial charge on any atom is -0.327 e. The van der Waals surface area contributed by atoms with Gasteiger partial charge in [0.05, 0.1) is 0 Å². The van der Waals surface area contributed by atoms with E-state index >= 15 is 0 Å². The molecule has 2 heteroatoms. The molecule has 0 amide bonds. The summed E-state index contributed by atoms with van der Waals surface area (Å²) in [5.41, 5.74) is 6.56. The van der Waals surface area contributed by atoms with Gasteiger partial charge in [-0.05, 0) is 31.5 Å². The van der Waals surface area contributed by atoms with Gasteiger partial charge in [0.2, 0.25) is 0 Å². The lowest BCUT2D eigenvalue weighted by atomic mass is 10.1. The SMILES string of the molecule is C=C(CN)CN(C)CCC(C)C. The summed E-state index contributed by atoms with van der Waals surface area (Å²) in [5, 5.41) is 0. The normalized spacial score (nSPS) is 11.2. The molecule has 0 saturated heterocycles. The van der Waals surface area contributed by atoms with Gasteiger partial charge in [-0.1, -0.05) is 20.4 Å². The fourth-order valence-corrected chi connectivity index (χ4v) is 1.00. The van der Waals surface area contributed by atoms with Crippen LogP contribution in [0, 0.1) is 5.92 Å². The maximum atomic E-state index is 5.45. The van der Waals surface area contributed by atoms with Gasteiger partial charge in [0.1, 0.15) is 0 Å². The molecule has 2 nitrogen and oxygen atoms in total. The van der Waals surface area contributed by atoms with Crippen molar-refractivity contribution < 1.29 is 0 Å². The lowest BCUT2D eigenvalue weighted by Gasteiger charge is -2.18. The van der Waals surface area contributed by atoms with Gasteiger partial charge in [-0.3, -0.25) is 0 Å². The molecule has 12 heavy (non-hydrogen) atoms. The second-order valence-corrected chi connectivity index (χ2v) is 3.87. The standard InChI is InChI=1S/C10H22N2/c1-9(2)5-6-12(4)8-10(3)7-11/h9H,3,5-8,11H2,1-2,4H3. The molecular weight excluding hydrogens is 148 g/mol. The molecular formula is C10H22N2. The summed E-state index contributed by atoms with van der Waals surface area (Å²) < 4.78 is 0. The van der Waals surface area contributed by atoms with Crippen LogP contribution >= 0.6 is 0 Å². The first kappa shape index (κ1) is 11.7. The highest BCUT2D eigenvalue weighted by Crippen LogP contribution is 2.01. The summed E-state index contributed by atoms with van der Waals surface area (Å²) in [7, 11) is 2.11. The third-order valence-corrected chi connectivity index (χ3v) is 1.87. The highest BCUT2D eigenvalue weighted by molar-refractivity contribution is 4.97. The van der Waals surface area contributed by atoms with Crippen LogP contribution in [0.1, 0.15) is 20.3 Å². The molecule has 0 aromatic carbocycles. The van der Waals surface area contributed by atoms with Gasteiger partial charge in [-0.15, -0.1) is 0 Å². The number of rotatable bonds is 6. The van der Waals surface area contributed by atoms with Crippen molar-refractivity contribution in [2.24, 2.45) is 11.7 Å². The molecule has 0 radical (unpaired) electrons. The first-order valence-electron chi connectivity index (χ1n) is 4.61. The van der Waals surface area contributed by atoms with E-state index in [2.05, 4.69) is 32.4 Å². The van der Waals surface area contributed by atoms with Crippen LogP contribution in [0.4, 0.5) is 0 Å². The summed E-state index contributed by atoms with van der Waals surface area (Å²) in [4.78, 5) is 2.27. The second kappa shape index (κ2) is 6.21. The lowest BCUT2D eigenvalue weighted by molar-refractivity contribution is 0.332. The fraction of sp³-hybridized carbons (Fsp3) is 0.800. The number of nitrogens with zero attached hydrogens (tertiary/aromatic N) is 1. The molecule has 0 aromatic rings. The maximum Gasteiger partial charge on any atom is 0.0199 e. The Kier molecular flexibility index (Phi) is 6.03. The van der Waals surface area contributed by atoms with Crippen LogP contribution < -0.4 is 5.73 Å². The second-order valence-electron chi connectivity index (χ2n) is 3.87. The Morgan fingerprint density at radius 3 is 2.50 bits per heavy atom. The Morgan fingerprint density at radius 1 is 1.50 bits per heavy atom. The van der Waals surface area contributed by atoms with Gasteiger partial charge < -0.3 is 10.6 Å². The van der Waals surface area contributed by atoms with E-state index in [4.69, 9.17) is 5.73 Å². The molecule has 0 aliphatic heterocycles. The molecule has 0 atom stereocenters. The highest BCUT2D eigenvalue weighted by Gasteiger charge is 2.01. The van der Waals surface area contributed by atoms with Crippen LogP contribution in [0.15, 0.2) is 12.2 Å². The minimum absolute atomic E-state index is 0.603. The predicted octanol–water partition coefficient (Wildman–Crippen LogP) is 1.48. The molecule has 0 spiro atoms. The summed E-state index contributed by atoms with van der Waals surface area (Å²) in [5.74, 6) is 0.776. The van der Waals surface area contributed by atoms with Crippen molar-refractivity contribution in [3.8, 4) is 0 Å². The van der Waals surface area contributed by atoms with Gasteiger partial charge >= 0.3 is 0 Å². The molecule has 0 heterocycles. The summed E-state index contributed by atoms with van der Waals surface area (Å²) in [6.07, 6.45) is 1.24. The van der Waals surface area contributed by atoms with Crippen molar-refractivity contribution in [1.29, 1.82) is 0 Å². The molecule has 0 aliphatic carbocycles. The Bertz CT molecular complexity index is 130. The third-order valence-electron chi connectivity index (χ3n) is 1.87. The molecule has 0 fully saturated rings. The average molecular weight is 170 g/mol. The maximum absolute atomic E-state index is 5.45. The van der Waals surface area contributed by atoms with Gasteiger partial charge in [0.15, 0.2) is 0 Å². The number of likely N-dealkylation sites (N-methyl/N-ethyl adjacent to an activating group) is 1. The van der Waals surface area contributed by atoms with Crippen LogP contribution in [-0.2, 0) is 0 Å². The van der Waals surface area contributed by atoms with Gasteiger partial charge in [0, 0.05) is 13.1 Å². The van der Waals surface area contributed by atoms with Crippen molar-refractivity contribution in [3.63, 3.8) is 0 Å². The van der Waals surface area contributed by atoms with Crippen LogP contribution in [0.2, 0.25) is 0 Å². The zero-order chi connectivity index (χ0) is 9.56. The first-order valence-corrected chi connectivity index (χ1v) is 4.61. The quantitative estimate of drug-likeness (QED) is 0.612. The molecule has 0 rings (SSSR count). The zero-order valence-corrected chi connectivity index (χ0v) is 8.64. The molecule has 0 aliphatic rings. The Labute approximate surface area is 76.4 Å². The predicted molar refractivity (Wildman–Crippen MR) is 55.1 cm³/mol. The van der Waals surface area contributed by atoms with E-state index in [1.54, 1.807) is 0 Å². The monoisotopic (exact) mass is 170 g/mol. The van der Waals surface area contributed by atoms with Gasteiger partial charge in [0.25, 0.3) is 0 Å². The van der Waals surface area contributed by atoms with E-state index in [1.165, 1.54) is 6.42 Å². The number of hydrogen-bond acceptors (Lipinski definition) is 2. The highest BCUT2D eigenvalue weighted by atomic mass is 15.1. The number of hydrogen-bond donors (Lipinski definition) is 1. The summed E-state index contributed by atoms with van der Waals surface area (Å²) in [6, 6.07) is 0. The van der Waals surface area contributed by atoms with Crippen molar-refractivity contribution in [1.82, 2.24) is 4.90 Å². The summed E-state index contributed by atoms with van der Waals surface area (Å²) in [6.45, 7) is 11.0. The van der Waals surface area contributed by atoms with E-state index in [0.29, 0.717) is 6.54 Å². The van der Waals surface area contributed by atoms with Crippen LogP contribution in [0.5, 0.6) is 0 Å². The van der Waals surface area contributed by atoms with Crippen LogP contribution in [0.25, 0.3) is 0 Å². The molecule has 2 N–H and O–H groups in total. The first-order chi connectivity index (χ1) is 5.56. The van der Waals surface area contributed by atoms with Crippen molar-refractivity contribution in [2.75, 3.05) is 26.7 Å². The molecule has 0 aromatic heterocycles. The Balaban J connectivity index is 3.45. The fourth-order valence-electron chi connectivity index (χ4n) is 1.00. The molecule has 0 saturated carbocycles.